The topological polar surface area (TPSA) is 76.7 Å². The third-order valence-corrected chi connectivity index (χ3v) is 4.22. The van der Waals surface area contributed by atoms with E-state index in [1.54, 1.807) is 0 Å². The van der Waals surface area contributed by atoms with E-state index < -0.39 is 6.10 Å². The van der Waals surface area contributed by atoms with Gasteiger partial charge in [-0.25, -0.2) is 0 Å². The zero-order valence-corrected chi connectivity index (χ0v) is 14.9. The van der Waals surface area contributed by atoms with E-state index in [4.69, 9.17) is 12.2 Å². The van der Waals surface area contributed by atoms with Gasteiger partial charge in [-0.05, 0) is 48.2 Å². The Bertz CT molecular complexity index is 667. The van der Waals surface area contributed by atoms with Crippen molar-refractivity contribution in [3.63, 3.8) is 0 Å². The van der Waals surface area contributed by atoms with Crippen LogP contribution in [-0.4, -0.2) is 32.9 Å². The van der Waals surface area contributed by atoms with Crippen molar-refractivity contribution in [2.24, 2.45) is 0 Å². The van der Waals surface area contributed by atoms with Crippen LogP contribution >= 0.6 is 12.2 Å². The number of aromatic nitrogens is 3. The fourth-order valence-corrected chi connectivity index (χ4v) is 2.91. The minimum atomic E-state index is -0.524. The Morgan fingerprint density at radius 3 is 2.30 bits per heavy atom. The summed E-state index contributed by atoms with van der Waals surface area (Å²) >= 11 is 4.95. The van der Waals surface area contributed by atoms with Crippen LogP contribution in [0.5, 0.6) is 0 Å². The fourth-order valence-electron chi connectivity index (χ4n) is 2.75. The second kappa shape index (κ2) is 8.26. The number of aliphatic hydroxyl groups excluding tert-OH is 1. The fraction of sp³-hybridized carbons (Fsp3) is 0.529. The van der Waals surface area contributed by atoms with Crippen LogP contribution < -0.4 is 5.32 Å². The number of aromatic amines is 2. The molecule has 0 saturated carbocycles. The van der Waals surface area contributed by atoms with Crippen molar-refractivity contribution >= 4 is 17.9 Å². The summed E-state index contributed by atoms with van der Waals surface area (Å²) in [7, 11) is 0. The molecule has 6 heteroatoms. The van der Waals surface area contributed by atoms with E-state index in [-0.39, 0.29) is 0 Å². The van der Waals surface area contributed by atoms with Gasteiger partial charge in [0.2, 0.25) is 0 Å². The van der Waals surface area contributed by atoms with Gasteiger partial charge >= 0.3 is 0 Å². The van der Waals surface area contributed by atoms with Crippen LogP contribution in [0.1, 0.15) is 43.3 Å². The highest BCUT2D eigenvalue weighted by molar-refractivity contribution is 7.71. The molecule has 0 aliphatic rings. The lowest BCUT2D eigenvalue weighted by atomic mass is 9.97. The first-order valence-electron chi connectivity index (χ1n) is 8.27. The van der Waals surface area contributed by atoms with Crippen LogP contribution in [0, 0.1) is 4.77 Å². The summed E-state index contributed by atoms with van der Waals surface area (Å²) in [6.07, 6.45) is 2.92. The Kier molecular flexibility index (Phi) is 6.36. The van der Waals surface area contributed by atoms with E-state index in [2.05, 4.69) is 53.4 Å². The van der Waals surface area contributed by atoms with E-state index in [0.717, 1.165) is 19.3 Å². The number of aliphatic hydroxyl groups is 1. The van der Waals surface area contributed by atoms with Crippen LogP contribution in [0.4, 0.5) is 5.69 Å². The first kappa shape index (κ1) is 17.7. The highest BCUT2D eigenvalue weighted by Gasteiger charge is 2.12. The third kappa shape index (κ3) is 4.65. The Morgan fingerprint density at radius 2 is 1.83 bits per heavy atom. The SMILES string of the molecule is CCc1cc(CC)c(NCC(O)Cc2n[nH]c(=S)[nH]2)c(CC)c1. The zero-order chi connectivity index (χ0) is 16.8. The molecule has 126 valence electrons. The molecule has 0 aliphatic carbocycles. The average Bonchev–Trinajstić information content (AvgIpc) is 2.96. The lowest BCUT2D eigenvalue weighted by Gasteiger charge is -2.19. The molecule has 2 rings (SSSR count). The molecule has 5 nitrogen and oxygen atoms in total. The smallest absolute Gasteiger partial charge is 0.192 e. The van der Waals surface area contributed by atoms with Crippen molar-refractivity contribution in [3.8, 4) is 0 Å². The Morgan fingerprint density at radius 1 is 1.17 bits per heavy atom. The van der Waals surface area contributed by atoms with Crippen molar-refractivity contribution in [3.05, 3.63) is 39.4 Å². The number of nitrogens with one attached hydrogen (secondary N) is 3. The highest BCUT2D eigenvalue weighted by atomic mass is 32.1. The number of rotatable bonds is 8. The van der Waals surface area contributed by atoms with Crippen molar-refractivity contribution in [2.45, 2.75) is 52.6 Å². The number of aryl methyl sites for hydroxylation is 3. The van der Waals surface area contributed by atoms with Crippen LogP contribution in [0.15, 0.2) is 12.1 Å². The number of H-pyrrole nitrogens is 2. The number of hydrogen-bond acceptors (Lipinski definition) is 4. The molecule has 0 spiro atoms. The first-order valence-corrected chi connectivity index (χ1v) is 8.68. The summed E-state index contributed by atoms with van der Waals surface area (Å²) in [6.45, 7) is 7.00. The number of hydrogen-bond donors (Lipinski definition) is 4. The van der Waals surface area contributed by atoms with E-state index in [9.17, 15) is 5.11 Å². The summed E-state index contributed by atoms with van der Waals surface area (Å²) in [5.41, 5.74) is 5.16. The van der Waals surface area contributed by atoms with E-state index in [1.165, 1.54) is 22.4 Å². The van der Waals surface area contributed by atoms with Crippen LogP contribution in [-0.2, 0) is 25.7 Å². The van der Waals surface area contributed by atoms with Gasteiger partial charge in [0.05, 0.1) is 6.10 Å². The molecular weight excluding hydrogens is 308 g/mol. The molecule has 1 unspecified atom stereocenters. The van der Waals surface area contributed by atoms with Gasteiger partial charge in [0.1, 0.15) is 5.82 Å². The van der Waals surface area contributed by atoms with Crippen molar-refractivity contribution in [2.75, 3.05) is 11.9 Å². The molecule has 1 aromatic carbocycles. The predicted molar refractivity (Wildman–Crippen MR) is 96.5 cm³/mol. The number of anilines is 1. The summed E-state index contributed by atoms with van der Waals surface area (Å²) < 4.78 is 0.483. The highest BCUT2D eigenvalue weighted by Crippen LogP contribution is 2.25. The lowest BCUT2D eigenvalue weighted by Crippen LogP contribution is -2.23. The molecule has 1 aromatic heterocycles. The average molecular weight is 334 g/mol. The first-order chi connectivity index (χ1) is 11.1. The van der Waals surface area contributed by atoms with E-state index >= 15 is 0 Å². The second-order valence-electron chi connectivity index (χ2n) is 5.71. The van der Waals surface area contributed by atoms with Gasteiger partial charge in [0, 0.05) is 18.7 Å². The predicted octanol–water partition coefficient (Wildman–Crippen LogP) is 3.17. The molecule has 0 radical (unpaired) electrons. The van der Waals surface area contributed by atoms with Gasteiger partial charge in [-0.2, -0.15) is 5.10 Å². The molecule has 2 aromatic rings. The maximum absolute atomic E-state index is 10.2. The minimum absolute atomic E-state index is 0.441. The largest absolute Gasteiger partial charge is 0.391 e. The quantitative estimate of drug-likeness (QED) is 0.559. The summed E-state index contributed by atoms with van der Waals surface area (Å²) in [5.74, 6) is 0.678. The normalized spacial score (nSPS) is 12.3. The molecule has 0 aliphatic heterocycles. The van der Waals surface area contributed by atoms with Gasteiger partial charge in [0.25, 0.3) is 0 Å². The Hall–Kier alpha value is -1.66. The minimum Gasteiger partial charge on any atom is -0.391 e. The second-order valence-corrected chi connectivity index (χ2v) is 6.12. The molecular formula is C17H26N4OS. The molecule has 0 saturated heterocycles. The van der Waals surface area contributed by atoms with Gasteiger partial charge in [-0.15, -0.1) is 0 Å². The maximum atomic E-state index is 10.2. The van der Waals surface area contributed by atoms with Crippen LogP contribution in [0.3, 0.4) is 0 Å². The van der Waals surface area contributed by atoms with Gasteiger partial charge < -0.3 is 15.4 Å². The molecule has 0 amide bonds. The maximum Gasteiger partial charge on any atom is 0.192 e. The molecule has 1 atom stereocenters. The summed E-state index contributed by atoms with van der Waals surface area (Å²) in [5, 5.41) is 20.4. The van der Waals surface area contributed by atoms with Crippen LogP contribution in [0.2, 0.25) is 0 Å². The molecule has 1 heterocycles. The van der Waals surface area contributed by atoms with Crippen molar-refractivity contribution in [1.82, 2.24) is 15.2 Å². The lowest BCUT2D eigenvalue weighted by molar-refractivity contribution is 0.185. The molecule has 0 fully saturated rings. The van der Waals surface area contributed by atoms with Crippen molar-refractivity contribution < 1.29 is 5.11 Å². The van der Waals surface area contributed by atoms with Crippen LogP contribution in [0.25, 0.3) is 0 Å². The Labute approximate surface area is 142 Å². The molecule has 23 heavy (non-hydrogen) atoms. The number of benzene rings is 1. The van der Waals surface area contributed by atoms with Gasteiger partial charge in [0.15, 0.2) is 4.77 Å². The third-order valence-electron chi connectivity index (χ3n) is 4.03. The summed E-state index contributed by atoms with van der Waals surface area (Å²) in [4.78, 5) is 2.93. The van der Waals surface area contributed by atoms with E-state index in [0.29, 0.717) is 23.6 Å². The Balaban J connectivity index is 2.08. The van der Waals surface area contributed by atoms with E-state index in [1.807, 2.05) is 0 Å². The van der Waals surface area contributed by atoms with Gasteiger partial charge in [-0.1, -0.05) is 32.9 Å². The molecule has 0 bridgehead atoms. The van der Waals surface area contributed by atoms with Crippen molar-refractivity contribution in [1.29, 1.82) is 0 Å². The molecule has 4 N–H and O–H groups in total. The monoisotopic (exact) mass is 334 g/mol. The van der Waals surface area contributed by atoms with Gasteiger partial charge in [-0.3, -0.25) is 5.10 Å². The number of nitrogens with zero attached hydrogens (tertiary/aromatic N) is 1. The summed E-state index contributed by atoms with van der Waals surface area (Å²) in [6, 6.07) is 4.53. The zero-order valence-electron chi connectivity index (χ0n) is 14.1. The standard InChI is InChI=1S/C17H26N4OS/c1-4-11-7-12(5-2)16(13(6-3)8-11)18-10-14(22)9-15-19-17(23)21-20-15/h7-8,14,18,22H,4-6,9-10H2,1-3H3,(H2,19,20,21,23).